The molecule has 9 heteroatoms. The summed E-state index contributed by atoms with van der Waals surface area (Å²) in [6.07, 6.45) is 45.4. The number of carbonyl (C=O) groups excluding carboxylic acids is 4. The first-order chi connectivity index (χ1) is 36.9. The molecule has 0 heterocycles. The molecule has 0 saturated heterocycles. The monoisotopic (exact) mass is 1250 g/mol. The van der Waals surface area contributed by atoms with Crippen LogP contribution in [-0.2, 0) is 25.7 Å². The molecule has 4 aromatic carbocycles. The van der Waals surface area contributed by atoms with Gasteiger partial charge in [0.05, 0.1) is 23.9 Å². The number of aryl methyl sites for hydroxylation is 4. The minimum Gasteiger partial charge on any atom is -0.545 e. The molecule has 0 aromatic heterocycles. The van der Waals surface area contributed by atoms with Gasteiger partial charge < -0.3 is 39.6 Å². The molecular weight excluding hydrogens is 1150 g/mol. The maximum absolute atomic E-state index is 10.7. The first-order valence-corrected chi connectivity index (χ1v) is 30.2. The maximum Gasteiger partial charge on any atom is 0.0715 e. The van der Waals surface area contributed by atoms with E-state index in [9.17, 15) is 39.6 Å². The van der Waals surface area contributed by atoms with Crippen molar-refractivity contribution in [3.8, 4) is 0 Å². The van der Waals surface area contributed by atoms with Crippen molar-refractivity contribution in [3.05, 3.63) is 142 Å². The summed E-state index contributed by atoms with van der Waals surface area (Å²) in [5.41, 5.74) is 5.57. The molecule has 0 spiro atoms. The van der Waals surface area contributed by atoms with Gasteiger partial charge in [0.15, 0.2) is 0 Å². The van der Waals surface area contributed by atoms with Crippen LogP contribution < -0.4 is 20.4 Å². The van der Waals surface area contributed by atoms with Crippen molar-refractivity contribution in [3.63, 3.8) is 0 Å². The molecule has 0 N–H and O–H groups in total. The third kappa shape index (κ3) is 41.4. The zero-order valence-electron chi connectivity index (χ0n) is 48.5. The Labute approximate surface area is 488 Å². The van der Waals surface area contributed by atoms with Crippen molar-refractivity contribution in [1.29, 1.82) is 0 Å². The average molecular weight is 1250 g/mol. The zero-order chi connectivity index (χ0) is 55.7. The fourth-order valence-corrected chi connectivity index (χ4v) is 9.27. The quantitative estimate of drug-likeness (QED) is 0.0314. The Balaban J connectivity index is 0.000000996. The average Bonchev–Trinajstić information content (AvgIpc) is 3.42. The minimum absolute atomic E-state index is 0. The molecule has 0 atom stereocenters. The molecule has 4 radical (unpaired) electrons. The number of carboxylic acid groups (broad SMARTS) is 4. The Morgan fingerprint density at radius 2 is 0.416 bits per heavy atom. The summed E-state index contributed by atoms with van der Waals surface area (Å²) in [5, 5.41) is 43.0. The van der Waals surface area contributed by atoms with E-state index in [2.05, 4.69) is 27.7 Å². The van der Waals surface area contributed by atoms with E-state index in [0.717, 1.165) is 73.6 Å². The Hall–Kier alpha value is -4.32. The molecule has 0 fully saturated rings. The normalized spacial score (nSPS) is 10.4. The smallest absolute Gasteiger partial charge is 0.0715 e. The van der Waals surface area contributed by atoms with E-state index in [-0.39, 0.29) is 49.6 Å². The van der Waals surface area contributed by atoms with Crippen LogP contribution in [0, 0.1) is 0 Å². The Kier molecular flexibility index (Phi) is 48.3. The standard InChI is InChI=1S/4C17H26O2.Pb/c4*1-2-3-4-5-6-7-8-9-11-15-12-10-13-16(14-15)17(18)19;/h4*10,12-14H,2-9,11H2,1H3,(H,18,19);/p-4. The van der Waals surface area contributed by atoms with Crippen LogP contribution in [0.4, 0.5) is 0 Å². The third-order valence-corrected chi connectivity index (χ3v) is 13.9. The molecule has 0 aliphatic rings. The van der Waals surface area contributed by atoms with Gasteiger partial charge in [0.2, 0.25) is 0 Å². The summed E-state index contributed by atoms with van der Waals surface area (Å²) in [7, 11) is 0. The van der Waals surface area contributed by atoms with Gasteiger partial charge in [0, 0.05) is 27.3 Å². The van der Waals surface area contributed by atoms with E-state index < -0.39 is 23.9 Å². The molecule has 0 amide bonds. The largest absolute Gasteiger partial charge is 0.545 e. The van der Waals surface area contributed by atoms with Crippen molar-refractivity contribution in [2.24, 2.45) is 0 Å². The summed E-state index contributed by atoms with van der Waals surface area (Å²) in [6.45, 7) is 8.95. The van der Waals surface area contributed by atoms with Crippen LogP contribution in [0.25, 0.3) is 0 Å². The van der Waals surface area contributed by atoms with Gasteiger partial charge in [-0.15, -0.1) is 0 Å². The molecule has 8 nitrogen and oxygen atoms in total. The van der Waals surface area contributed by atoms with Gasteiger partial charge in [-0.05, 0) is 120 Å². The number of carboxylic acids is 4. The maximum atomic E-state index is 10.7. The second kappa shape index (κ2) is 51.1. The number of hydrogen-bond acceptors (Lipinski definition) is 8. The predicted molar refractivity (Wildman–Crippen MR) is 314 cm³/mol. The number of aromatic carboxylic acids is 4. The van der Waals surface area contributed by atoms with Crippen molar-refractivity contribution < 1.29 is 39.6 Å². The number of rotatable bonds is 40. The van der Waals surface area contributed by atoms with Gasteiger partial charge in [-0.3, -0.25) is 0 Å². The minimum atomic E-state index is -1.09. The topological polar surface area (TPSA) is 161 Å². The van der Waals surface area contributed by atoms with E-state index in [1.807, 2.05) is 24.3 Å². The SMILES string of the molecule is CCCCCCCCCCc1cccc(C(=O)[O-])c1.CCCCCCCCCCc1cccc(C(=O)[O-])c1.CCCCCCCCCCc1cccc(C(=O)[O-])c1.CCCCCCCCCCc1cccc(C(=O)[O-])c1.[Pb]. The van der Waals surface area contributed by atoms with Gasteiger partial charge >= 0.3 is 0 Å². The van der Waals surface area contributed by atoms with Crippen LogP contribution in [0.1, 0.15) is 297 Å². The molecule has 428 valence electrons. The molecule has 0 aliphatic carbocycles. The molecular formula is C68H100O8Pb-4. The summed E-state index contributed by atoms with van der Waals surface area (Å²) in [5.74, 6) is -4.34. The molecule has 0 saturated carbocycles. The molecule has 0 aliphatic heterocycles. The van der Waals surface area contributed by atoms with Gasteiger partial charge in [0.1, 0.15) is 0 Å². The van der Waals surface area contributed by atoms with Crippen LogP contribution in [0.15, 0.2) is 97.1 Å². The van der Waals surface area contributed by atoms with Gasteiger partial charge in [0.25, 0.3) is 0 Å². The first kappa shape index (κ1) is 72.7. The van der Waals surface area contributed by atoms with Gasteiger partial charge in [-0.1, -0.05) is 280 Å². The van der Waals surface area contributed by atoms with Crippen molar-refractivity contribution >= 4 is 51.2 Å². The Morgan fingerprint density at radius 3 is 0.571 bits per heavy atom. The summed E-state index contributed by atoms with van der Waals surface area (Å²) in [4.78, 5) is 43.0. The summed E-state index contributed by atoms with van der Waals surface area (Å²) < 4.78 is 0. The molecule has 4 aromatic rings. The predicted octanol–water partition coefficient (Wildman–Crippen LogP) is 14.6. The summed E-state index contributed by atoms with van der Waals surface area (Å²) in [6, 6.07) is 28.5. The zero-order valence-corrected chi connectivity index (χ0v) is 52.3. The van der Waals surface area contributed by atoms with E-state index in [1.54, 1.807) is 72.8 Å². The van der Waals surface area contributed by atoms with Gasteiger partial charge in [-0.25, -0.2) is 0 Å². The fraction of sp³-hybridized carbons (Fsp3) is 0.588. The van der Waals surface area contributed by atoms with Crippen molar-refractivity contribution in [2.75, 3.05) is 0 Å². The third-order valence-electron chi connectivity index (χ3n) is 13.9. The van der Waals surface area contributed by atoms with E-state index in [4.69, 9.17) is 0 Å². The van der Waals surface area contributed by atoms with E-state index >= 15 is 0 Å². The van der Waals surface area contributed by atoms with Crippen molar-refractivity contribution in [1.82, 2.24) is 0 Å². The number of benzene rings is 4. The Morgan fingerprint density at radius 1 is 0.260 bits per heavy atom. The van der Waals surface area contributed by atoms with E-state index in [0.29, 0.717) is 0 Å². The molecule has 0 unspecified atom stereocenters. The number of carbonyl (C=O) groups is 4. The number of unbranched alkanes of at least 4 members (excludes halogenated alkanes) is 28. The molecule has 4 rings (SSSR count). The first-order valence-electron chi connectivity index (χ1n) is 30.2. The van der Waals surface area contributed by atoms with Crippen LogP contribution in [-0.4, -0.2) is 51.2 Å². The van der Waals surface area contributed by atoms with Crippen LogP contribution in [0.2, 0.25) is 0 Å². The second-order valence-corrected chi connectivity index (χ2v) is 20.9. The second-order valence-electron chi connectivity index (χ2n) is 20.9. The van der Waals surface area contributed by atoms with Crippen LogP contribution in [0.5, 0.6) is 0 Å². The fourth-order valence-electron chi connectivity index (χ4n) is 9.27. The summed E-state index contributed by atoms with van der Waals surface area (Å²) >= 11 is 0. The van der Waals surface area contributed by atoms with Gasteiger partial charge in [-0.2, -0.15) is 0 Å². The Bertz CT molecular complexity index is 1790. The molecule has 0 bridgehead atoms. The van der Waals surface area contributed by atoms with Crippen molar-refractivity contribution in [2.45, 2.75) is 259 Å². The molecule has 77 heavy (non-hydrogen) atoms. The van der Waals surface area contributed by atoms with Crippen LogP contribution >= 0.6 is 0 Å². The van der Waals surface area contributed by atoms with Crippen LogP contribution in [0.3, 0.4) is 0 Å². The number of hydrogen-bond donors (Lipinski definition) is 0. The van der Waals surface area contributed by atoms with E-state index in [1.165, 1.54) is 180 Å².